The van der Waals surface area contributed by atoms with E-state index in [2.05, 4.69) is 19.2 Å². The minimum Gasteiger partial charge on any atom is -0.356 e. The van der Waals surface area contributed by atoms with Gasteiger partial charge in [-0.1, -0.05) is 13.8 Å². The van der Waals surface area contributed by atoms with Crippen LogP contribution in [0.15, 0.2) is 0 Å². The number of nitrogens with one attached hydrogen (secondary N) is 1. The quantitative estimate of drug-likeness (QED) is 0.669. The van der Waals surface area contributed by atoms with Gasteiger partial charge >= 0.3 is 0 Å². The van der Waals surface area contributed by atoms with Crippen molar-refractivity contribution < 1.29 is 4.79 Å². The summed E-state index contributed by atoms with van der Waals surface area (Å²) in [6.07, 6.45) is 2.72. The normalized spacial score (nSPS) is 30.0. The van der Waals surface area contributed by atoms with Crippen molar-refractivity contribution >= 4 is 5.91 Å². The van der Waals surface area contributed by atoms with Crippen LogP contribution in [-0.4, -0.2) is 19.0 Å². The lowest BCUT2D eigenvalue weighted by Crippen LogP contribution is -2.38. The molecule has 1 heterocycles. The third-order valence-corrected chi connectivity index (χ3v) is 3.32. The Hall–Kier alpha value is -0.570. The van der Waals surface area contributed by atoms with Gasteiger partial charge in [-0.25, -0.2) is 0 Å². The van der Waals surface area contributed by atoms with E-state index >= 15 is 0 Å². The summed E-state index contributed by atoms with van der Waals surface area (Å²) in [6.45, 7) is 5.75. The molecular weight excluding hydrogens is 164 g/mol. The van der Waals surface area contributed by atoms with Gasteiger partial charge in [0.05, 0.1) is 0 Å². The van der Waals surface area contributed by atoms with Crippen LogP contribution in [0.5, 0.6) is 0 Å². The molecule has 0 bridgehead atoms. The summed E-state index contributed by atoms with van der Waals surface area (Å²) in [5, 5.41) is 2.89. The number of rotatable bonds is 2. The molecule has 1 saturated heterocycles. The molecule has 13 heavy (non-hydrogen) atoms. The van der Waals surface area contributed by atoms with Gasteiger partial charge < -0.3 is 11.1 Å². The summed E-state index contributed by atoms with van der Waals surface area (Å²) >= 11 is 0. The monoisotopic (exact) mass is 184 g/mol. The van der Waals surface area contributed by atoms with E-state index < -0.39 is 0 Å². The largest absolute Gasteiger partial charge is 0.356 e. The van der Waals surface area contributed by atoms with E-state index in [1.807, 2.05) is 0 Å². The molecule has 3 N–H and O–H groups in total. The summed E-state index contributed by atoms with van der Waals surface area (Å²) in [6, 6.07) is 0. The zero-order valence-corrected chi connectivity index (χ0v) is 8.60. The highest BCUT2D eigenvalue weighted by Gasteiger charge is 2.35. The van der Waals surface area contributed by atoms with E-state index in [1.54, 1.807) is 0 Å². The van der Waals surface area contributed by atoms with Crippen LogP contribution in [0.4, 0.5) is 0 Å². The average molecular weight is 184 g/mol. The zero-order valence-electron chi connectivity index (χ0n) is 8.60. The second kappa shape index (κ2) is 4.09. The fraction of sp³-hybridized carbons (Fsp3) is 0.900. The molecule has 0 aromatic carbocycles. The van der Waals surface area contributed by atoms with Crippen molar-refractivity contribution in [1.29, 1.82) is 0 Å². The van der Waals surface area contributed by atoms with Gasteiger partial charge in [0.25, 0.3) is 0 Å². The summed E-state index contributed by atoms with van der Waals surface area (Å²) in [5.74, 6) is 0.651. The standard InChI is InChI=1S/C10H20N2O/c1-8(2)10(7-11)4-3-5-12-9(13)6-10/h8H,3-7,11H2,1-2H3,(H,12,13). The van der Waals surface area contributed by atoms with Gasteiger partial charge in [0.15, 0.2) is 0 Å². The number of carbonyl (C=O) groups excluding carboxylic acids is 1. The molecule has 0 radical (unpaired) electrons. The van der Waals surface area contributed by atoms with E-state index in [1.165, 1.54) is 0 Å². The molecule has 1 amide bonds. The second-order valence-corrected chi connectivity index (χ2v) is 4.35. The maximum atomic E-state index is 11.4. The van der Waals surface area contributed by atoms with Crippen molar-refractivity contribution in [3.8, 4) is 0 Å². The smallest absolute Gasteiger partial charge is 0.220 e. The fourth-order valence-corrected chi connectivity index (χ4v) is 2.04. The average Bonchev–Trinajstić information content (AvgIpc) is 2.27. The van der Waals surface area contributed by atoms with Crippen molar-refractivity contribution in [1.82, 2.24) is 5.32 Å². The Morgan fingerprint density at radius 3 is 2.85 bits per heavy atom. The predicted molar refractivity (Wildman–Crippen MR) is 53.2 cm³/mol. The van der Waals surface area contributed by atoms with Gasteiger partial charge in [-0.15, -0.1) is 0 Å². The first-order chi connectivity index (χ1) is 6.10. The molecule has 1 unspecified atom stereocenters. The summed E-state index contributed by atoms with van der Waals surface area (Å²) < 4.78 is 0. The molecule has 0 saturated carbocycles. The van der Waals surface area contributed by atoms with Crippen molar-refractivity contribution in [2.75, 3.05) is 13.1 Å². The topological polar surface area (TPSA) is 55.1 Å². The third kappa shape index (κ3) is 2.21. The van der Waals surface area contributed by atoms with Gasteiger partial charge in [0, 0.05) is 13.0 Å². The van der Waals surface area contributed by atoms with Crippen LogP contribution in [0.2, 0.25) is 0 Å². The highest BCUT2D eigenvalue weighted by atomic mass is 16.1. The predicted octanol–water partition coefficient (Wildman–Crippen LogP) is 0.888. The Kier molecular flexibility index (Phi) is 3.31. The number of hydrogen-bond acceptors (Lipinski definition) is 2. The van der Waals surface area contributed by atoms with Crippen LogP contribution in [0.3, 0.4) is 0 Å². The summed E-state index contributed by atoms with van der Waals surface area (Å²) in [7, 11) is 0. The summed E-state index contributed by atoms with van der Waals surface area (Å²) in [5.41, 5.74) is 5.83. The first-order valence-corrected chi connectivity index (χ1v) is 5.07. The highest BCUT2D eigenvalue weighted by molar-refractivity contribution is 5.77. The van der Waals surface area contributed by atoms with Crippen molar-refractivity contribution in [2.24, 2.45) is 17.1 Å². The molecule has 0 aromatic rings. The van der Waals surface area contributed by atoms with Gasteiger partial charge in [0.1, 0.15) is 0 Å². The second-order valence-electron chi connectivity index (χ2n) is 4.35. The van der Waals surface area contributed by atoms with Crippen LogP contribution < -0.4 is 11.1 Å². The van der Waals surface area contributed by atoms with Crippen molar-refractivity contribution in [3.05, 3.63) is 0 Å². The molecule has 1 aliphatic rings. The SMILES string of the molecule is CC(C)C1(CN)CCCNC(=O)C1. The number of amides is 1. The Bertz CT molecular complexity index is 191. The van der Waals surface area contributed by atoms with Gasteiger partial charge in [-0.2, -0.15) is 0 Å². The lowest BCUT2D eigenvalue weighted by atomic mass is 9.71. The molecule has 1 atom stereocenters. The Morgan fingerprint density at radius 2 is 2.31 bits per heavy atom. The molecule has 3 nitrogen and oxygen atoms in total. The van der Waals surface area contributed by atoms with Crippen LogP contribution in [0, 0.1) is 11.3 Å². The van der Waals surface area contributed by atoms with Crippen molar-refractivity contribution in [2.45, 2.75) is 33.1 Å². The molecule has 3 heteroatoms. The third-order valence-electron chi connectivity index (χ3n) is 3.32. The maximum Gasteiger partial charge on any atom is 0.220 e. The van der Waals surface area contributed by atoms with Crippen LogP contribution in [-0.2, 0) is 4.79 Å². The highest BCUT2D eigenvalue weighted by Crippen LogP contribution is 2.36. The van der Waals surface area contributed by atoms with Crippen LogP contribution >= 0.6 is 0 Å². The van der Waals surface area contributed by atoms with Gasteiger partial charge in [-0.3, -0.25) is 4.79 Å². The van der Waals surface area contributed by atoms with E-state index in [-0.39, 0.29) is 11.3 Å². The minimum atomic E-state index is 0.0422. The minimum absolute atomic E-state index is 0.0422. The van der Waals surface area contributed by atoms with Gasteiger partial charge in [-0.05, 0) is 30.7 Å². The van der Waals surface area contributed by atoms with Crippen molar-refractivity contribution in [3.63, 3.8) is 0 Å². The lowest BCUT2D eigenvalue weighted by Gasteiger charge is -2.34. The zero-order chi connectivity index (χ0) is 9.90. The molecular formula is C10H20N2O. The van der Waals surface area contributed by atoms with E-state index in [4.69, 9.17) is 5.73 Å². The van der Waals surface area contributed by atoms with E-state index in [0.717, 1.165) is 19.4 Å². The molecule has 1 fully saturated rings. The fourth-order valence-electron chi connectivity index (χ4n) is 2.04. The molecule has 0 aliphatic carbocycles. The first-order valence-electron chi connectivity index (χ1n) is 5.07. The molecule has 1 rings (SSSR count). The van der Waals surface area contributed by atoms with Gasteiger partial charge in [0.2, 0.25) is 5.91 Å². The van der Waals surface area contributed by atoms with E-state index in [0.29, 0.717) is 18.9 Å². The Labute approximate surface area is 80.1 Å². The number of hydrogen-bond donors (Lipinski definition) is 2. The van der Waals surface area contributed by atoms with Crippen LogP contribution in [0.25, 0.3) is 0 Å². The van der Waals surface area contributed by atoms with E-state index in [9.17, 15) is 4.79 Å². The number of carbonyl (C=O) groups is 1. The number of nitrogens with two attached hydrogens (primary N) is 1. The molecule has 0 aromatic heterocycles. The lowest BCUT2D eigenvalue weighted by molar-refractivity contribution is -0.123. The molecule has 0 spiro atoms. The summed E-state index contributed by atoms with van der Waals surface area (Å²) in [4.78, 5) is 11.4. The first kappa shape index (κ1) is 10.5. The Morgan fingerprint density at radius 1 is 1.62 bits per heavy atom. The molecule has 76 valence electrons. The van der Waals surface area contributed by atoms with Crippen LogP contribution in [0.1, 0.15) is 33.1 Å². The Balaban J connectivity index is 2.76. The maximum absolute atomic E-state index is 11.4. The molecule has 1 aliphatic heterocycles.